The first-order chi connectivity index (χ1) is 13.7. The smallest absolute Gasteiger partial charge is 0.303 e. The van der Waals surface area contributed by atoms with Gasteiger partial charge in [0.25, 0.3) is 0 Å². The van der Waals surface area contributed by atoms with Gasteiger partial charge in [-0.1, -0.05) is 78.9 Å². The molecule has 1 aliphatic heterocycles. The minimum atomic E-state index is -0.425. The van der Waals surface area contributed by atoms with Crippen molar-refractivity contribution in [2.24, 2.45) is 4.99 Å². The van der Waals surface area contributed by atoms with Gasteiger partial charge in [-0.2, -0.15) is 0 Å². The fraction of sp³-hybridized carbons (Fsp3) is 0.167. The molecule has 3 aromatic carbocycles. The van der Waals surface area contributed by atoms with Crippen LogP contribution in [0.25, 0.3) is 0 Å². The highest BCUT2D eigenvalue weighted by molar-refractivity contribution is 6.11. The van der Waals surface area contributed by atoms with Crippen LogP contribution in [0.3, 0.4) is 0 Å². The zero-order valence-corrected chi connectivity index (χ0v) is 15.7. The molecular formula is C24H22N2O2. The number of hydrogen-bond acceptors (Lipinski definition) is 4. The standard InChI is InChI=1S/C24H22N2O2/c1-18(27)28-23(19-11-5-2-6-12-19)22-17-26(21-15-9-4-10-16-21)24(25-22)20-13-7-3-8-14-20/h2-16,22-23H,17H2,1H3/t22-,23+/m0/s1. The summed E-state index contributed by atoms with van der Waals surface area (Å²) in [5, 5.41) is 0. The third-order valence-electron chi connectivity index (χ3n) is 4.78. The molecule has 0 amide bonds. The van der Waals surface area contributed by atoms with E-state index in [-0.39, 0.29) is 12.0 Å². The molecular weight excluding hydrogens is 348 g/mol. The van der Waals surface area contributed by atoms with Crippen LogP contribution in [-0.2, 0) is 9.53 Å². The summed E-state index contributed by atoms with van der Waals surface area (Å²) in [5.74, 6) is 0.591. The Kier molecular flexibility index (Phi) is 5.20. The SMILES string of the molecule is CC(=O)O[C@H](c1ccccc1)[C@@H]1CN(c2ccccc2)C(c2ccccc2)=N1. The van der Waals surface area contributed by atoms with Gasteiger partial charge in [0, 0.05) is 18.2 Å². The van der Waals surface area contributed by atoms with E-state index in [0.29, 0.717) is 6.54 Å². The van der Waals surface area contributed by atoms with Crippen LogP contribution < -0.4 is 4.90 Å². The van der Waals surface area contributed by atoms with Crippen molar-refractivity contribution in [1.29, 1.82) is 0 Å². The van der Waals surface area contributed by atoms with Gasteiger partial charge in [0.1, 0.15) is 11.9 Å². The van der Waals surface area contributed by atoms with Crippen molar-refractivity contribution in [1.82, 2.24) is 0 Å². The average Bonchev–Trinajstić information content (AvgIpc) is 3.19. The number of ether oxygens (including phenoxy) is 1. The zero-order chi connectivity index (χ0) is 19.3. The summed E-state index contributed by atoms with van der Waals surface area (Å²) in [4.78, 5) is 19.0. The molecule has 28 heavy (non-hydrogen) atoms. The van der Waals surface area contributed by atoms with Gasteiger partial charge >= 0.3 is 5.97 Å². The number of aliphatic imine (C=N–C) groups is 1. The van der Waals surface area contributed by atoms with Gasteiger partial charge in [-0.15, -0.1) is 0 Å². The molecule has 0 aliphatic carbocycles. The number of carbonyl (C=O) groups is 1. The van der Waals surface area contributed by atoms with E-state index < -0.39 is 6.10 Å². The van der Waals surface area contributed by atoms with Gasteiger partial charge in [-0.05, 0) is 17.7 Å². The molecule has 4 nitrogen and oxygen atoms in total. The first kappa shape index (κ1) is 18.0. The molecule has 0 bridgehead atoms. The lowest BCUT2D eigenvalue weighted by Crippen LogP contribution is -2.32. The third kappa shape index (κ3) is 3.81. The Morgan fingerprint density at radius 2 is 1.50 bits per heavy atom. The van der Waals surface area contributed by atoms with Crippen LogP contribution in [0.4, 0.5) is 5.69 Å². The van der Waals surface area contributed by atoms with E-state index in [1.807, 2.05) is 66.7 Å². The summed E-state index contributed by atoms with van der Waals surface area (Å²) in [6.07, 6.45) is -0.425. The van der Waals surface area contributed by atoms with Crippen molar-refractivity contribution in [3.05, 3.63) is 102 Å². The number of anilines is 1. The maximum atomic E-state index is 11.8. The average molecular weight is 370 g/mol. The summed E-state index contributed by atoms with van der Waals surface area (Å²) >= 11 is 0. The molecule has 4 rings (SSSR count). The van der Waals surface area contributed by atoms with Crippen LogP contribution in [0.1, 0.15) is 24.2 Å². The Morgan fingerprint density at radius 3 is 2.11 bits per heavy atom. The molecule has 0 fully saturated rings. The van der Waals surface area contributed by atoms with Crippen LogP contribution >= 0.6 is 0 Å². The topological polar surface area (TPSA) is 41.9 Å². The first-order valence-corrected chi connectivity index (χ1v) is 9.40. The summed E-state index contributed by atoms with van der Waals surface area (Å²) in [5.41, 5.74) is 3.07. The minimum absolute atomic E-state index is 0.193. The maximum Gasteiger partial charge on any atom is 0.303 e. The zero-order valence-electron chi connectivity index (χ0n) is 15.7. The molecule has 0 saturated heterocycles. The van der Waals surface area contributed by atoms with Crippen molar-refractivity contribution in [2.45, 2.75) is 19.1 Å². The molecule has 0 spiro atoms. The molecule has 4 heteroatoms. The highest BCUT2D eigenvalue weighted by atomic mass is 16.5. The molecule has 2 atom stereocenters. The molecule has 140 valence electrons. The number of esters is 1. The van der Waals surface area contributed by atoms with E-state index in [1.54, 1.807) is 0 Å². The van der Waals surface area contributed by atoms with Crippen molar-refractivity contribution in [2.75, 3.05) is 11.4 Å². The van der Waals surface area contributed by atoms with Gasteiger partial charge in [0.05, 0.1) is 6.54 Å². The second kappa shape index (κ2) is 8.09. The Bertz CT molecular complexity index is 956. The largest absolute Gasteiger partial charge is 0.455 e. The van der Waals surface area contributed by atoms with Crippen LogP contribution in [0.5, 0.6) is 0 Å². The first-order valence-electron chi connectivity index (χ1n) is 9.40. The third-order valence-corrected chi connectivity index (χ3v) is 4.78. The number of benzene rings is 3. The lowest BCUT2D eigenvalue weighted by atomic mass is 10.0. The highest BCUT2D eigenvalue weighted by Gasteiger charge is 2.35. The second-order valence-electron chi connectivity index (χ2n) is 6.77. The number of nitrogens with zero attached hydrogens (tertiary/aromatic N) is 2. The Labute approximate surface area is 165 Å². The van der Waals surface area contributed by atoms with Gasteiger partial charge in [0.2, 0.25) is 0 Å². The molecule has 0 aromatic heterocycles. The predicted octanol–water partition coefficient (Wildman–Crippen LogP) is 4.63. The monoisotopic (exact) mass is 370 g/mol. The van der Waals surface area contributed by atoms with Gasteiger partial charge in [-0.3, -0.25) is 9.79 Å². The molecule has 0 N–H and O–H groups in total. The fourth-order valence-electron chi connectivity index (χ4n) is 3.55. The fourth-order valence-corrected chi connectivity index (χ4v) is 3.55. The van der Waals surface area contributed by atoms with Gasteiger partial charge in [0.15, 0.2) is 6.10 Å². The summed E-state index contributed by atoms with van der Waals surface area (Å²) in [7, 11) is 0. The van der Waals surface area contributed by atoms with E-state index in [4.69, 9.17) is 9.73 Å². The highest BCUT2D eigenvalue weighted by Crippen LogP contribution is 2.32. The molecule has 1 heterocycles. The molecule has 0 radical (unpaired) electrons. The Balaban J connectivity index is 1.74. The lowest BCUT2D eigenvalue weighted by molar-refractivity contribution is -0.147. The van der Waals surface area contributed by atoms with Crippen LogP contribution in [0, 0.1) is 0 Å². The van der Waals surface area contributed by atoms with Crippen molar-refractivity contribution in [3.63, 3.8) is 0 Å². The number of para-hydroxylation sites is 1. The normalized spacial score (nSPS) is 17.1. The van der Waals surface area contributed by atoms with Gasteiger partial charge < -0.3 is 9.64 Å². The molecule has 1 aliphatic rings. The van der Waals surface area contributed by atoms with E-state index in [2.05, 4.69) is 29.2 Å². The lowest BCUT2D eigenvalue weighted by Gasteiger charge is -2.24. The minimum Gasteiger partial charge on any atom is -0.455 e. The predicted molar refractivity (Wildman–Crippen MR) is 112 cm³/mol. The number of carbonyl (C=O) groups excluding carboxylic acids is 1. The quantitative estimate of drug-likeness (QED) is 0.615. The number of hydrogen-bond donors (Lipinski definition) is 0. The molecule has 0 unspecified atom stereocenters. The van der Waals surface area contributed by atoms with Crippen molar-refractivity contribution < 1.29 is 9.53 Å². The summed E-state index contributed by atoms with van der Waals surface area (Å²) in [6, 6.07) is 30.0. The summed E-state index contributed by atoms with van der Waals surface area (Å²) in [6.45, 7) is 2.09. The number of rotatable bonds is 5. The van der Waals surface area contributed by atoms with Crippen molar-refractivity contribution >= 4 is 17.5 Å². The van der Waals surface area contributed by atoms with E-state index in [1.165, 1.54) is 6.92 Å². The van der Waals surface area contributed by atoms with Crippen LogP contribution in [0.2, 0.25) is 0 Å². The molecule has 3 aromatic rings. The summed E-state index contributed by atoms with van der Waals surface area (Å²) < 4.78 is 5.72. The van der Waals surface area contributed by atoms with Crippen LogP contribution in [0.15, 0.2) is 96.0 Å². The van der Waals surface area contributed by atoms with Crippen molar-refractivity contribution in [3.8, 4) is 0 Å². The van der Waals surface area contributed by atoms with E-state index in [9.17, 15) is 4.79 Å². The second-order valence-corrected chi connectivity index (χ2v) is 6.77. The Hall–Kier alpha value is -3.40. The Morgan fingerprint density at radius 1 is 0.929 bits per heavy atom. The van der Waals surface area contributed by atoms with Gasteiger partial charge in [-0.25, -0.2) is 0 Å². The van der Waals surface area contributed by atoms with Crippen LogP contribution in [-0.4, -0.2) is 24.4 Å². The number of amidine groups is 1. The molecule has 0 saturated carbocycles. The van der Waals surface area contributed by atoms with E-state index in [0.717, 1.165) is 22.6 Å². The van der Waals surface area contributed by atoms with E-state index >= 15 is 0 Å². The maximum absolute atomic E-state index is 11.8.